The number of nitro benzene ring substituents is 1. The van der Waals surface area contributed by atoms with E-state index in [1.165, 1.54) is 12.5 Å². The Bertz CT molecular complexity index is 403. The van der Waals surface area contributed by atoms with Crippen LogP contribution in [0.3, 0.4) is 0 Å². The van der Waals surface area contributed by atoms with Crippen LogP contribution in [-0.4, -0.2) is 24.2 Å². The molecule has 1 unspecified atom stereocenters. The normalized spacial score (nSPS) is 19.7. The quantitative estimate of drug-likeness (QED) is 0.643. The molecule has 0 bridgehead atoms. The Morgan fingerprint density at radius 1 is 1.44 bits per heavy atom. The number of nitrogens with zero attached hydrogens (tertiary/aromatic N) is 1. The maximum Gasteiger partial charge on any atom is 0.269 e. The Morgan fingerprint density at radius 2 is 2.33 bits per heavy atom. The predicted octanol–water partition coefficient (Wildman–Crippen LogP) is 2.25. The van der Waals surface area contributed by atoms with Gasteiger partial charge >= 0.3 is 0 Å². The molecule has 1 heterocycles. The molecule has 0 aromatic heterocycles. The van der Waals surface area contributed by atoms with Crippen molar-refractivity contribution in [2.45, 2.75) is 31.9 Å². The van der Waals surface area contributed by atoms with E-state index in [-0.39, 0.29) is 16.7 Å². The van der Waals surface area contributed by atoms with Crippen LogP contribution in [0.2, 0.25) is 0 Å². The first kappa shape index (κ1) is 13.0. The third-order valence-electron chi connectivity index (χ3n) is 3.10. The summed E-state index contributed by atoms with van der Waals surface area (Å²) in [5.74, 6) is 0. The molecule has 1 fully saturated rings. The van der Waals surface area contributed by atoms with Gasteiger partial charge in [0.15, 0.2) is 0 Å². The first-order valence-corrected chi connectivity index (χ1v) is 6.31. The van der Waals surface area contributed by atoms with E-state index >= 15 is 0 Å². The predicted molar refractivity (Wildman–Crippen MR) is 68.4 cm³/mol. The third-order valence-corrected chi connectivity index (χ3v) is 3.10. The van der Waals surface area contributed by atoms with Crippen LogP contribution >= 0.6 is 0 Å². The lowest BCUT2D eigenvalue weighted by Gasteiger charge is -2.22. The number of rotatable bonds is 5. The molecule has 0 spiro atoms. The van der Waals surface area contributed by atoms with Gasteiger partial charge in [0, 0.05) is 31.8 Å². The van der Waals surface area contributed by atoms with E-state index in [4.69, 9.17) is 4.74 Å². The SMILES string of the molecule is O=[N+]([O-])c1cccc(CNCC2CCCCO2)c1. The Balaban J connectivity index is 1.78. The van der Waals surface area contributed by atoms with E-state index < -0.39 is 0 Å². The summed E-state index contributed by atoms with van der Waals surface area (Å²) in [6.45, 7) is 2.30. The van der Waals surface area contributed by atoms with E-state index in [9.17, 15) is 10.1 Å². The van der Waals surface area contributed by atoms with Crippen molar-refractivity contribution in [2.24, 2.45) is 0 Å². The number of hydrogen-bond donors (Lipinski definition) is 1. The highest BCUT2D eigenvalue weighted by molar-refractivity contribution is 5.34. The molecule has 0 radical (unpaired) electrons. The van der Waals surface area contributed by atoms with Crippen molar-refractivity contribution in [3.8, 4) is 0 Å². The summed E-state index contributed by atoms with van der Waals surface area (Å²) in [7, 11) is 0. The first-order valence-electron chi connectivity index (χ1n) is 6.31. The van der Waals surface area contributed by atoms with Crippen LogP contribution in [0.15, 0.2) is 24.3 Å². The van der Waals surface area contributed by atoms with Crippen LogP contribution in [0.5, 0.6) is 0 Å². The molecule has 18 heavy (non-hydrogen) atoms. The summed E-state index contributed by atoms with van der Waals surface area (Å²) < 4.78 is 5.61. The van der Waals surface area contributed by atoms with Gasteiger partial charge in [-0.1, -0.05) is 12.1 Å². The molecule has 1 aliphatic heterocycles. The summed E-state index contributed by atoms with van der Waals surface area (Å²) in [5.41, 5.74) is 1.07. The number of nitro groups is 1. The van der Waals surface area contributed by atoms with Gasteiger partial charge in [0.1, 0.15) is 0 Å². The van der Waals surface area contributed by atoms with Crippen LogP contribution in [-0.2, 0) is 11.3 Å². The van der Waals surface area contributed by atoms with Gasteiger partial charge < -0.3 is 10.1 Å². The zero-order valence-electron chi connectivity index (χ0n) is 10.3. The fourth-order valence-corrected chi connectivity index (χ4v) is 2.13. The molecule has 0 aliphatic carbocycles. The van der Waals surface area contributed by atoms with Gasteiger partial charge in [0.2, 0.25) is 0 Å². The van der Waals surface area contributed by atoms with Crippen LogP contribution in [0.25, 0.3) is 0 Å². The maximum atomic E-state index is 10.6. The number of ether oxygens (including phenoxy) is 1. The van der Waals surface area contributed by atoms with Gasteiger partial charge in [0.25, 0.3) is 5.69 Å². The van der Waals surface area contributed by atoms with Gasteiger partial charge in [-0.25, -0.2) is 0 Å². The number of non-ortho nitro benzene ring substituents is 1. The average Bonchev–Trinajstić information content (AvgIpc) is 2.40. The largest absolute Gasteiger partial charge is 0.377 e. The summed E-state index contributed by atoms with van der Waals surface area (Å²) in [6, 6.07) is 6.72. The first-order chi connectivity index (χ1) is 8.75. The fraction of sp³-hybridized carbons (Fsp3) is 0.538. The molecule has 1 aromatic rings. The van der Waals surface area contributed by atoms with Crippen molar-refractivity contribution in [3.05, 3.63) is 39.9 Å². The topological polar surface area (TPSA) is 64.4 Å². The van der Waals surface area contributed by atoms with Crippen molar-refractivity contribution < 1.29 is 9.66 Å². The molecule has 1 aromatic carbocycles. The van der Waals surface area contributed by atoms with Crippen LogP contribution in [0.1, 0.15) is 24.8 Å². The summed E-state index contributed by atoms with van der Waals surface area (Å²) >= 11 is 0. The van der Waals surface area contributed by atoms with Crippen molar-refractivity contribution in [3.63, 3.8) is 0 Å². The molecule has 0 amide bonds. The van der Waals surface area contributed by atoms with Gasteiger partial charge in [-0.2, -0.15) is 0 Å². The fourth-order valence-electron chi connectivity index (χ4n) is 2.13. The van der Waals surface area contributed by atoms with E-state index in [0.29, 0.717) is 6.54 Å². The Morgan fingerprint density at radius 3 is 3.06 bits per heavy atom. The molecule has 1 saturated heterocycles. The monoisotopic (exact) mass is 250 g/mol. The lowest BCUT2D eigenvalue weighted by atomic mass is 10.1. The van der Waals surface area contributed by atoms with Gasteiger partial charge in [-0.15, -0.1) is 0 Å². The highest BCUT2D eigenvalue weighted by Crippen LogP contribution is 2.14. The van der Waals surface area contributed by atoms with Gasteiger partial charge in [-0.05, 0) is 24.8 Å². The maximum absolute atomic E-state index is 10.6. The summed E-state index contributed by atoms with van der Waals surface area (Å²) in [6.07, 6.45) is 3.77. The molecule has 1 aliphatic rings. The summed E-state index contributed by atoms with van der Waals surface area (Å²) in [4.78, 5) is 10.3. The second kappa shape index (κ2) is 6.47. The average molecular weight is 250 g/mol. The molecule has 98 valence electrons. The number of hydrogen-bond acceptors (Lipinski definition) is 4. The lowest BCUT2D eigenvalue weighted by Crippen LogP contribution is -2.31. The van der Waals surface area contributed by atoms with Gasteiger partial charge in [-0.3, -0.25) is 10.1 Å². The smallest absolute Gasteiger partial charge is 0.269 e. The Labute approximate surface area is 106 Å². The number of benzene rings is 1. The van der Waals surface area contributed by atoms with Crippen molar-refractivity contribution in [2.75, 3.05) is 13.2 Å². The molecule has 5 nitrogen and oxygen atoms in total. The highest BCUT2D eigenvalue weighted by Gasteiger charge is 2.13. The Hall–Kier alpha value is -1.46. The van der Waals surface area contributed by atoms with Crippen molar-refractivity contribution in [1.29, 1.82) is 0 Å². The van der Waals surface area contributed by atoms with E-state index in [1.807, 2.05) is 6.07 Å². The second-order valence-corrected chi connectivity index (χ2v) is 4.55. The van der Waals surface area contributed by atoms with Crippen LogP contribution in [0.4, 0.5) is 5.69 Å². The minimum absolute atomic E-state index is 0.142. The lowest BCUT2D eigenvalue weighted by molar-refractivity contribution is -0.384. The molecule has 1 atom stereocenters. The zero-order chi connectivity index (χ0) is 12.8. The molecule has 1 N–H and O–H groups in total. The molecular formula is C13H18N2O3. The van der Waals surface area contributed by atoms with Crippen molar-refractivity contribution in [1.82, 2.24) is 5.32 Å². The summed E-state index contributed by atoms with van der Waals surface area (Å²) in [5, 5.41) is 13.9. The standard InChI is InChI=1S/C13H18N2O3/c16-15(17)12-5-3-4-11(8-12)9-14-10-13-6-1-2-7-18-13/h3-5,8,13-14H,1-2,6-7,9-10H2. The van der Waals surface area contributed by atoms with Crippen LogP contribution < -0.4 is 5.32 Å². The van der Waals surface area contributed by atoms with E-state index in [0.717, 1.165) is 31.6 Å². The minimum atomic E-state index is -0.367. The van der Waals surface area contributed by atoms with Gasteiger partial charge in [0.05, 0.1) is 11.0 Å². The Kier molecular flexibility index (Phi) is 4.66. The minimum Gasteiger partial charge on any atom is -0.377 e. The van der Waals surface area contributed by atoms with Crippen LogP contribution in [0, 0.1) is 10.1 Å². The second-order valence-electron chi connectivity index (χ2n) is 4.55. The third kappa shape index (κ3) is 3.78. The van der Waals surface area contributed by atoms with E-state index in [1.54, 1.807) is 12.1 Å². The zero-order valence-corrected chi connectivity index (χ0v) is 10.3. The van der Waals surface area contributed by atoms with E-state index in [2.05, 4.69) is 5.32 Å². The molecular weight excluding hydrogens is 232 g/mol. The molecule has 0 saturated carbocycles. The number of nitrogens with one attached hydrogen (secondary N) is 1. The highest BCUT2D eigenvalue weighted by atomic mass is 16.6. The van der Waals surface area contributed by atoms with Crippen molar-refractivity contribution >= 4 is 5.69 Å². The molecule has 5 heteroatoms. The molecule has 2 rings (SSSR count).